The zero-order valence-corrected chi connectivity index (χ0v) is 39.0. The van der Waals surface area contributed by atoms with E-state index in [0.717, 1.165) is 72.4 Å². The lowest BCUT2D eigenvalue weighted by molar-refractivity contribution is -0.216. The highest BCUT2D eigenvalue weighted by molar-refractivity contribution is 6.31. The van der Waals surface area contributed by atoms with Crippen LogP contribution in [0.4, 0.5) is 5.69 Å². The summed E-state index contributed by atoms with van der Waals surface area (Å²) in [5.74, 6) is -0.746. The summed E-state index contributed by atoms with van der Waals surface area (Å²) < 4.78 is 18.9. The minimum absolute atomic E-state index is 0.0206. The van der Waals surface area contributed by atoms with Crippen molar-refractivity contribution in [1.82, 2.24) is 20.1 Å². The molecule has 2 fully saturated rings. The molecule has 3 aromatic carbocycles. The Morgan fingerprint density at radius 1 is 1.02 bits per heavy atom. The third-order valence-corrected chi connectivity index (χ3v) is 16.5. The number of H-pyrrole nitrogens is 1. The molecule has 1 spiro atoms. The van der Waals surface area contributed by atoms with E-state index < -0.39 is 45.9 Å². The molecule has 3 N–H and O–H groups in total. The van der Waals surface area contributed by atoms with Crippen LogP contribution < -0.4 is 15.0 Å². The van der Waals surface area contributed by atoms with Gasteiger partial charge >= 0.3 is 11.9 Å². The lowest BCUT2D eigenvalue weighted by Crippen LogP contribution is -2.81. The van der Waals surface area contributed by atoms with Gasteiger partial charge in [-0.25, -0.2) is 0 Å². The number of para-hydroxylation sites is 1. The van der Waals surface area contributed by atoms with Crippen LogP contribution in [-0.4, -0.2) is 122 Å². The maximum absolute atomic E-state index is 15.5. The van der Waals surface area contributed by atoms with Gasteiger partial charge in [-0.1, -0.05) is 73.5 Å². The predicted molar refractivity (Wildman–Crippen MR) is 251 cm³/mol. The summed E-state index contributed by atoms with van der Waals surface area (Å²) in [4.78, 5) is 53.7. The monoisotopic (exact) mass is 901 g/mol. The van der Waals surface area contributed by atoms with E-state index in [1.165, 1.54) is 19.6 Å². The number of hydrogen-bond donors (Lipinski definition) is 3. The average molecular weight is 903 g/mol. The Morgan fingerprint density at radius 3 is 2.57 bits per heavy atom. The van der Waals surface area contributed by atoms with Crippen molar-refractivity contribution in [3.05, 3.63) is 117 Å². The molecule has 1 amide bonds. The van der Waals surface area contributed by atoms with E-state index >= 15 is 4.79 Å². The summed E-state index contributed by atoms with van der Waals surface area (Å²) in [6.45, 7) is 9.41. The molecule has 2 unspecified atom stereocenters. The van der Waals surface area contributed by atoms with Crippen LogP contribution in [0.25, 0.3) is 10.9 Å². The summed E-state index contributed by atoms with van der Waals surface area (Å²) in [6.07, 6.45) is 8.93. The van der Waals surface area contributed by atoms with Gasteiger partial charge in [-0.05, 0) is 86.0 Å². The van der Waals surface area contributed by atoms with E-state index in [0.29, 0.717) is 47.7 Å². The fourth-order valence-corrected chi connectivity index (χ4v) is 14.1. The first kappa shape index (κ1) is 43.7. The Labute approximate surface area is 385 Å². The summed E-state index contributed by atoms with van der Waals surface area (Å²) in [6, 6.07) is 18.3. The number of hydrogen-bond acceptors (Lipinski definition) is 10. The standard InChI is InChI=1S/C52H60ClN5O7/c1-7-32-23-33-27-51(48(61)64-6,43-37(17-21-57(28-32)29-33)36-15-9-10-16-40(36)55-43)39-25-38-41(26-42(39)63-5)56(4)46-50(38)19-22-58-20-12-18-49(8-2,45(50)58)47(65-31(3)59)52(46,62)30-54-44(60)34-13-11-14-35(53)24-34/h9-16,18,23-26,33,45-47,55,62H,7-8,17,19-22,27-30H2,1-6H3,(H,54,60)/t33-,45?,46+,47+,49+,50+,51-,52-/m0/s1. The molecule has 10 rings (SSSR count). The number of nitrogens with one attached hydrogen (secondary N) is 2. The van der Waals surface area contributed by atoms with Crippen molar-refractivity contribution in [3.8, 4) is 5.75 Å². The van der Waals surface area contributed by atoms with Gasteiger partial charge in [-0.15, -0.1) is 0 Å². The zero-order valence-electron chi connectivity index (χ0n) is 38.2. The Morgan fingerprint density at radius 2 is 1.83 bits per heavy atom. The van der Waals surface area contributed by atoms with Crippen molar-refractivity contribution >= 4 is 46.0 Å². The van der Waals surface area contributed by atoms with Crippen LogP contribution >= 0.6 is 11.6 Å². The quantitative estimate of drug-likeness (QED) is 0.123. The van der Waals surface area contributed by atoms with Crippen molar-refractivity contribution in [3.63, 3.8) is 0 Å². The number of aromatic amines is 1. The molecule has 1 aliphatic carbocycles. The number of aliphatic hydroxyl groups is 1. The summed E-state index contributed by atoms with van der Waals surface area (Å²) in [5, 5.41) is 18.5. The van der Waals surface area contributed by atoms with E-state index in [2.05, 4.69) is 81.3 Å². The number of nitrogens with zero attached hydrogens (tertiary/aromatic N) is 3. The molecule has 6 aliphatic rings. The maximum atomic E-state index is 15.5. The molecule has 12 nitrogen and oxygen atoms in total. The summed E-state index contributed by atoms with van der Waals surface area (Å²) in [7, 11) is 5.11. The van der Waals surface area contributed by atoms with Gasteiger partial charge in [0.1, 0.15) is 22.9 Å². The largest absolute Gasteiger partial charge is 0.496 e. The number of likely N-dealkylation sites (N-methyl/N-ethyl adjacent to an activating group) is 1. The second kappa shape index (κ2) is 16.0. The van der Waals surface area contributed by atoms with Crippen LogP contribution in [0.1, 0.15) is 79.2 Å². The third-order valence-electron chi connectivity index (χ3n) is 16.3. The molecule has 1 saturated heterocycles. The lowest BCUT2D eigenvalue weighted by atomic mass is 9.47. The Kier molecular flexibility index (Phi) is 10.8. The van der Waals surface area contributed by atoms with E-state index in [-0.39, 0.29) is 24.5 Å². The molecule has 9 atom stereocenters. The van der Waals surface area contributed by atoms with Crippen LogP contribution in [-0.2, 0) is 36.3 Å². The summed E-state index contributed by atoms with van der Waals surface area (Å²) in [5.41, 5.74) is 2.28. The number of carbonyl (C=O) groups excluding carboxylic acids is 3. The minimum atomic E-state index is -1.83. The van der Waals surface area contributed by atoms with Crippen molar-refractivity contribution in [2.45, 2.75) is 87.5 Å². The van der Waals surface area contributed by atoms with Crippen LogP contribution in [0.2, 0.25) is 5.02 Å². The van der Waals surface area contributed by atoms with E-state index in [9.17, 15) is 14.7 Å². The number of rotatable bonds is 9. The minimum Gasteiger partial charge on any atom is -0.496 e. The van der Waals surface area contributed by atoms with Gasteiger partial charge in [0.2, 0.25) is 0 Å². The van der Waals surface area contributed by atoms with Crippen LogP contribution in [0.15, 0.2) is 84.5 Å². The Bertz CT molecular complexity index is 2660. The topological polar surface area (TPSA) is 137 Å². The lowest BCUT2D eigenvalue weighted by Gasteiger charge is -2.64. The Hall–Kier alpha value is -5.14. The van der Waals surface area contributed by atoms with E-state index in [4.69, 9.17) is 25.8 Å². The van der Waals surface area contributed by atoms with Gasteiger partial charge < -0.3 is 34.5 Å². The first-order chi connectivity index (χ1) is 31.3. The first-order valence-electron chi connectivity index (χ1n) is 23.2. The first-order valence-corrected chi connectivity index (χ1v) is 23.6. The van der Waals surface area contributed by atoms with Gasteiger partial charge in [-0.3, -0.25) is 24.2 Å². The molecule has 65 heavy (non-hydrogen) atoms. The van der Waals surface area contributed by atoms with E-state index in [1.807, 2.05) is 19.2 Å². The number of carbonyl (C=O) groups is 3. The van der Waals surface area contributed by atoms with Gasteiger partial charge in [-0.2, -0.15) is 0 Å². The fourth-order valence-electron chi connectivity index (χ4n) is 14.0. The number of methoxy groups -OCH3 is 2. The third kappa shape index (κ3) is 6.30. The predicted octanol–water partition coefficient (Wildman–Crippen LogP) is 6.71. The van der Waals surface area contributed by atoms with Gasteiger partial charge in [0.25, 0.3) is 5.91 Å². The molecule has 13 heteroatoms. The zero-order chi connectivity index (χ0) is 45.6. The highest BCUT2D eigenvalue weighted by atomic mass is 35.5. The molecule has 1 saturated carbocycles. The van der Waals surface area contributed by atoms with E-state index in [1.54, 1.807) is 31.4 Å². The molecule has 6 heterocycles. The average Bonchev–Trinajstić information content (AvgIpc) is 3.97. The van der Waals surface area contributed by atoms with Crippen molar-refractivity contribution < 1.29 is 33.7 Å². The Balaban J connectivity index is 1.23. The second-order valence-electron chi connectivity index (χ2n) is 19.4. The number of fused-ring (bicyclic) bond motifs is 6. The molecule has 2 bridgehead atoms. The number of anilines is 1. The molecule has 5 aliphatic heterocycles. The van der Waals surface area contributed by atoms with Crippen molar-refractivity contribution in [2.75, 3.05) is 65.4 Å². The van der Waals surface area contributed by atoms with Crippen molar-refractivity contribution in [1.29, 1.82) is 0 Å². The highest BCUT2D eigenvalue weighted by Gasteiger charge is 2.78. The molecular weight excluding hydrogens is 842 g/mol. The normalized spacial score (nSPS) is 32.2. The smallest absolute Gasteiger partial charge is 0.322 e. The molecular formula is C52H60ClN5O7. The molecule has 0 radical (unpaired) electrons. The van der Waals surface area contributed by atoms with Gasteiger partial charge in [0, 0.05) is 102 Å². The number of amides is 1. The number of halogens is 1. The number of ether oxygens (including phenoxy) is 3. The number of benzene rings is 3. The van der Waals surface area contributed by atoms with Gasteiger partial charge in [0.05, 0.1) is 26.8 Å². The highest BCUT2D eigenvalue weighted by Crippen LogP contribution is 2.68. The molecule has 4 aromatic rings. The number of aromatic nitrogens is 1. The molecule has 1 aromatic heterocycles. The number of esters is 2. The molecule has 342 valence electrons. The van der Waals surface area contributed by atoms with Crippen LogP contribution in [0.3, 0.4) is 0 Å². The maximum Gasteiger partial charge on any atom is 0.322 e. The van der Waals surface area contributed by atoms with Crippen LogP contribution in [0.5, 0.6) is 5.75 Å². The SMILES string of the molecule is CCC1=C[C@@H]2CN(CCc3c([nH]c4ccccc34)[C@@](C(=O)OC)(c3cc4c(cc3OC)N(C)[C@H]3[C@@](O)(CNC(=O)c5cccc(Cl)c5)[C@H](OC(C)=O)[C@]5(CC)C=CCN6CC[C@]43C65)C2)C1. The summed E-state index contributed by atoms with van der Waals surface area (Å²) >= 11 is 6.34. The van der Waals surface area contributed by atoms with Gasteiger partial charge in [0.15, 0.2) is 0 Å². The van der Waals surface area contributed by atoms with Crippen molar-refractivity contribution in [2.24, 2.45) is 11.3 Å². The van der Waals surface area contributed by atoms with Crippen LogP contribution in [0, 0.1) is 11.3 Å². The second-order valence-corrected chi connectivity index (χ2v) is 19.8. The fraction of sp³-hybridized carbons (Fsp3) is 0.481.